The van der Waals surface area contributed by atoms with Gasteiger partial charge in [0.25, 0.3) is 5.91 Å². The summed E-state index contributed by atoms with van der Waals surface area (Å²) in [4.78, 5) is 14.6. The molecule has 1 aliphatic heterocycles. The Kier molecular flexibility index (Phi) is 7.34. The Hall–Kier alpha value is -2.31. The molecule has 0 atom stereocenters. The molecule has 0 unspecified atom stereocenters. The first kappa shape index (κ1) is 21.4. The maximum Gasteiger partial charge on any atom is 0.266 e. The van der Waals surface area contributed by atoms with Crippen molar-refractivity contribution in [2.45, 2.75) is 27.2 Å². The minimum absolute atomic E-state index is 0.0303. The van der Waals surface area contributed by atoms with Crippen molar-refractivity contribution < 1.29 is 14.3 Å². The molecule has 1 aliphatic rings. The highest BCUT2D eigenvalue weighted by Gasteiger charge is 2.30. The lowest BCUT2D eigenvalue weighted by Gasteiger charge is -2.10. The van der Waals surface area contributed by atoms with E-state index >= 15 is 0 Å². The van der Waals surface area contributed by atoms with Crippen LogP contribution in [0, 0.1) is 13.8 Å². The average molecular weight is 428 g/mol. The Morgan fingerprint density at radius 2 is 1.76 bits per heavy atom. The number of likely N-dealkylation sites (N-methyl/N-ethyl adjacent to an activating group) is 1. The van der Waals surface area contributed by atoms with Crippen molar-refractivity contribution in [3.05, 3.63) is 64.1 Å². The fraction of sp³-hybridized carbons (Fsp3) is 0.304. The number of carbonyl (C=O) groups is 1. The van der Waals surface area contributed by atoms with Crippen molar-refractivity contribution in [3.8, 4) is 11.5 Å². The highest BCUT2D eigenvalue weighted by Crippen LogP contribution is 2.32. The average Bonchev–Trinajstić information content (AvgIpc) is 2.97. The number of aryl methyl sites for hydroxylation is 2. The first-order valence-corrected chi connectivity index (χ1v) is 10.9. The van der Waals surface area contributed by atoms with Crippen LogP contribution in [0.1, 0.15) is 30.0 Å². The van der Waals surface area contributed by atoms with Crippen LogP contribution in [0.5, 0.6) is 11.5 Å². The van der Waals surface area contributed by atoms with Gasteiger partial charge in [-0.25, -0.2) is 0 Å². The van der Waals surface area contributed by atoms with E-state index in [1.165, 1.54) is 22.9 Å². The molecule has 0 aliphatic carbocycles. The van der Waals surface area contributed by atoms with E-state index < -0.39 is 0 Å². The van der Waals surface area contributed by atoms with Gasteiger partial charge in [-0.2, -0.15) is 0 Å². The van der Waals surface area contributed by atoms with Gasteiger partial charge in [-0.05, 0) is 67.8 Å². The van der Waals surface area contributed by atoms with Crippen molar-refractivity contribution in [1.29, 1.82) is 0 Å². The van der Waals surface area contributed by atoms with Gasteiger partial charge in [0, 0.05) is 13.0 Å². The number of hydrogen-bond donors (Lipinski definition) is 0. The Balaban J connectivity index is 1.50. The molecule has 2 aromatic rings. The third kappa shape index (κ3) is 5.61. The Morgan fingerprint density at radius 3 is 2.41 bits per heavy atom. The number of ether oxygens (including phenoxy) is 2. The molecule has 0 N–H and O–H groups in total. The number of benzene rings is 2. The lowest BCUT2D eigenvalue weighted by Crippen LogP contribution is -2.27. The molecule has 1 amide bonds. The number of hydrogen-bond acceptors (Lipinski definition) is 5. The van der Waals surface area contributed by atoms with Gasteiger partial charge in [0.15, 0.2) is 0 Å². The van der Waals surface area contributed by atoms with E-state index in [0.29, 0.717) is 29.0 Å². The fourth-order valence-electron chi connectivity index (χ4n) is 2.86. The van der Waals surface area contributed by atoms with Gasteiger partial charge in [0.1, 0.15) is 15.8 Å². The van der Waals surface area contributed by atoms with Gasteiger partial charge in [-0.3, -0.25) is 9.69 Å². The van der Waals surface area contributed by atoms with Crippen LogP contribution in [0.15, 0.2) is 47.4 Å². The second-order valence-electron chi connectivity index (χ2n) is 6.80. The van der Waals surface area contributed by atoms with E-state index in [1.807, 2.05) is 43.3 Å². The van der Waals surface area contributed by atoms with Crippen molar-refractivity contribution in [3.63, 3.8) is 0 Å². The molecule has 0 bridgehead atoms. The SMILES string of the molecule is CCN1C(=O)/C(=C\c2cccc(OCCCOc3ccc(C)c(C)c3)c2)SC1=S. The molecule has 1 heterocycles. The molecule has 0 radical (unpaired) electrons. The minimum Gasteiger partial charge on any atom is -0.493 e. The zero-order chi connectivity index (χ0) is 20.8. The van der Waals surface area contributed by atoms with E-state index in [2.05, 4.69) is 26.0 Å². The summed E-state index contributed by atoms with van der Waals surface area (Å²) < 4.78 is 12.2. The van der Waals surface area contributed by atoms with Crippen LogP contribution in [0.25, 0.3) is 6.08 Å². The van der Waals surface area contributed by atoms with Crippen LogP contribution in [-0.2, 0) is 4.79 Å². The molecular formula is C23H25NO3S2. The third-order valence-electron chi connectivity index (χ3n) is 4.65. The number of carbonyl (C=O) groups excluding carboxylic acids is 1. The molecule has 1 fully saturated rings. The predicted octanol–water partition coefficient (Wildman–Crippen LogP) is 5.37. The molecule has 152 valence electrons. The quantitative estimate of drug-likeness (QED) is 0.322. The van der Waals surface area contributed by atoms with Crippen LogP contribution < -0.4 is 9.47 Å². The molecule has 0 spiro atoms. The van der Waals surface area contributed by atoms with E-state index in [0.717, 1.165) is 23.5 Å². The number of amides is 1. The molecule has 3 rings (SSSR count). The molecule has 29 heavy (non-hydrogen) atoms. The molecule has 4 nitrogen and oxygen atoms in total. The minimum atomic E-state index is -0.0303. The fourth-order valence-corrected chi connectivity index (χ4v) is 4.24. The molecule has 0 aromatic heterocycles. The topological polar surface area (TPSA) is 38.8 Å². The summed E-state index contributed by atoms with van der Waals surface area (Å²) in [5, 5.41) is 0. The summed E-state index contributed by atoms with van der Waals surface area (Å²) in [6.45, 7) is 7.85. The van der Waals surface area contributed by atoms with Crippen LogP contribution in [0.3, 0.4) is 0 Å². The zero-order valence-electron chi connectivity index (χ0n) is 16.9. The summed E-state index contributed by atoms with van der Waals surface area (Å²) in [5.41, 5.74) is 3.41. The summed E-state index contributed by atoms with van der Waals surface area (Å²) in [6, 6.07) is 13.8. The lowest BCUT2D eigenvalue weighted by molar-refractivity contribution is -0.121. The molecule has 0 saturated carbocycles. The van der Waals surface area contributed by atoms with Gasteiger partial charge in [-0.1, -0.05) is 42.2 Å². The molecule has 6 heteroatoms. The second kappa shape index (κ2) is 9.94. The number of rotatable bonds is 8. The summed E-state index contributed by atoms with van der Waals surface area (Å²) in [5.74, 6) is 1.63. The zero-order valence-corrected chi connectivity index (χ0v) is 18.6. The van der Waals surface area contributed by atoms with Gasteiger partial charge in [-0.15, -0.1) is 0 Å². The number of nitrogens with zero attached hydrogens (tertiary/aromatic N) is 1. The van der Waals surface area contributed by atoms with Gasteiger partial charge < -0.3 is 9.47 Å². The molecular weight excluding hydrogens is 402 g/mol. The van der Waals surface area contributed by atoms with E-state index in [1.54, 1.807) is 4.90 Å². The van der Waals surface area contributed by atoms with Crippen LogP contribution >= 0.6 is 24.0 Å². The van der Waals surface area contributed by atoms with Crippen LogP contribution in [0.4, 0.5) is 0 Å². The maximum atomic E-state index is 12.3. The predicted molar refractivity (Wildman–Crippen MR) is 124 cm³/mol. The monoisotopic (exact) mass is 427 g/mol. The molecule has 1 saturated heterocycles. The number of thioether (sulfide) groups is 1. The first-order valence-electron chi connectivity index (χ1n) is 9.66. The van der Waals surface area contributed by atoms with E-state index in [4.69, 9.17) is 21.7 Å². The van der Waals surface area contributed by atoms with Gasteiger partial charge >= 0.3 is 0 Å². The smallest absolute Gasteiger partial charge is 0.266 e. The van der Waals surface area contributed by atoms with Crippen molar-refractivity contribution in [1.82, 2.24) is 4.90 Å². The van der Waals surface area contributed by atoms with Crippen molar-refractivity contribution >= 4 is 40.3 Å². The van der Waals surface area contributed by atoms with Crippen molar-refractivity contribution in [2.24, 2.45) is 0 Å². The van der Waals surface area contributed by atoms with Gasteiger partial charge in [0.2, 0.25) is 0 Å². The highest BCUT2D eigenvalue weighted by molar-refractivity contribution is 8.26. The maximum absolute atomic E-state index is 12.3. The van der Waals surface area contributed by atoms with E-state index in [-0.39, 0.29) is 5.91 Å². The van der Waals surface area contributed by atoms with Crippen molar-refractivity contribution in [2.75, 3.05) is 19.8 Å². The first-order chi connectivity index (χ1) is 14.0. The highest BCUT2D eigenvalue weighted by atomic mass is 32.2. The summed E-state index contributed by atoms with van der Waals surface area (Å²) >= 11 is 6.60. The van der Waals surface area contributed by atoms with Crippen LogP contribution in [-0.4, -0.2) is 34.9 Å². The van der Waals surface area contributed by atoms with E-state index in [9.17, 15) is 4.79 Å². The Morgan fingerprint density at radius 1 is 1.03 bits per heavy atom. The standard InChI is InChI=1S/C23H25NO3S2/c1-4-24-22(25)21(29-23(24)28)15-18-7-5-8-19(14-18)26-11-6-12-27-20-10-9-16(2)17(3)13-20/h5,7-10,13-15H,4,6,11-12H2,1-3H3/b21-15+. The summed E-state index contributed by atoms with van der Waals surface area (Å²) in [6.07, 6.45) is 2.65. The summed E-state index contributed by atoms with van der Waals surface area (Å²) in [7, 11) is 0. The largest absolute Gasteiger partial charge is 0.493 e. The van der Waals surface area contributed by atoms with Gasteiger partial charge in [0.05, 0.1) is 18.1 Å². The second-order valence-corrected chi connectivity index (χ2v) is 8.47. The lowest BCUT2D eigenvalue weighted by atomic mass is 10.1. The normalized spacial score (nSPS) is 15.3. The number of thiocarbonyl (C=S) groups is 1. The molecule has 2 aromatic carbocycles. The third-order valence-corrected chi connectivity index (χ3v) is 6.03. The Labute approximate surface area is 181 Å². The van der Waals surface area contributed by atoms with Crippen LogP contribution in [0.2, 0.25) is 0 Å². The Bertz CT molecular complexity index is 939.